The fourth-order valence-electron chi connectivity index (χ4n) is 1.22. The zero-order chi connectivity index (χ0) is 12.3. The maximum atomic E-state index is 9.44. The van der Waals surface area contributed by atoms with Crippen LogP contribution in [0.3, 0.4) is 0 Å². The molecule has 6 heteroatoms. The lowest BCUT2D eigenvalue weighted by Crippen LogP contribution is -3.00. The highest BCUT2D eigenvalue weighted by atomic mass is 35.5. The zero-order valence-corrected chi connectivity index (χ0v) is 13.2. The minimum Gasteiger partial charge on any atom is -1.00 e. The highest BCUT2D eigenvalue weighted by Crippen LogP contribution is 2.31. The van der Waals surface area contributed by atoms with Crippen LogP contribution in [-0.2, 0) is 0 Å². The summed E-state index contributed by atoms with van der Waals surface area (Å²) in [6, 6.07) is 0. The number of halogens is 4. The Kier molecular flexibility index (Phi) is 9.10. The number of aliphatic hydroxyl groups excluding tert-OH is 1. The number of aliphatic hydroxyl groups is 1. The molecule has 0 saturated carbocycles. The monoisotopic (exact) mass is 311 g/mol. The van der Waals surface area contributed by atoms with Crippen LogP contribution in [0.4, 0.5) is 0 Å². The summed E-state index contributed by atoms with van der Waals surface area (Å²) in [4.78, 5) is -0.507. The van der Waals surface area contributed by atoms with E-state index in [4.69, 9.17) is 34.8 Å². The number of hydrogen-bond acceptors (Lipinski definition) is 1. The molecule has 2 nitrogen and oxygen atoms in total. The smallest absolute Gasteiger partial charge is 0.241 e. The molecule has 100 valence electrons. The van der Waals surface area contributed by atoms with Gasteiger partial charge in [0.2, 0.25) is 4.96 Å². The number of quaternary nitrogens is 1. The first-order valence-corrected chi connectivity index (χ1v) is 6.43. The molecule has 0 aromatic rings. The SMILES string of the molecule is CC(C)(C)[N+](C)(CCC(O)CCl)C(Cl)Cl.[Cl-]. The maximum Gasteiger partial charge on any atom is 0.241 e. The van der Waals surface area contributed by atoms with Crippen molar-refractivity contribution < 1.29 is 22.0 Å². The largest absolute Gasteiger partial charge is 1.00 e. The summed E-state index contributed by atoms with van der Waals surface area (Å²) in [5.41, 5.74) is -0.0692. The molecule has 0 amide bonds. The van der Waals surface area contributed by atoms with E-state index < -0.39 is 11.1 Å². The van der Waals surface area contributed by atoms with Gasteiger partial charge in [0, 0.05) is 12.3 Å². The summed E-state index contributed by atoms with van der Waals surface area (Å²) < 4.78 is 0.490. The lowest BCUT2D eigenvalue weighted by molar-refractivity contribution is -0.953. The van der Waals surface area contributed by atoms with Gasteiger partial charge in [-0.1, -0.05) is 0 Å². The Morgan fingerprint density at radius 2 is 1.69 bits per heavy atom. The Bertz CT molecular complexity index is 196. The Labute approximate surface area is 120 Å². The standard InChI is InChI=1S/C10H21Cl3NO.ClH/c1-10(2,3)14(4,9(12)13)6-5-8(15)7-11;/h8-9,15H,5-7H2,1-4H3;1H/q+1;/p-1. The molecule has 0 saturated heterocycles. The van der Waals surface area contributed by atoms with Crippen molar-refractivity contribution in [2.24, 2.45) is 0 Å². The van der Waals surface area contributed by atoms with Crippen molar-refractivity contribution in [1.29, 1.82) is 0 Å². The summed E-state index contributed by atoms with van der Waals surface area (Å²) in [6.45, 7) is 6.95. The first-order chi connectivity index (χ1) is 6.65. The van der Waals surface area contributed by atoms with Crippen LogP contribution >= 0.6 is 34.8 Å². The third-order valence-corrected chi connectivity index (χ3v) is 4.29. The number of hydrogen-bond donors (Lipinski definition) is 1. The minimum atomic E-state index is -0.507. The molecule has 0 spiro atoms. The second-order valence-corrected chi connectivity index (χ2v) is 6.40. The van der Waals surface area contributed by atoms with E-state index in [9.17, 15) is 5.11 Å². The van der Waals surface area contributed by atoms with Crippen LogP contribution in [0, 0.1) is 0 Å². The summed E-state index contributed by atoms with van der Waals surface area (Å²) in [5, 5.41) is 9.44. The van der Waals surface area contributed by atoms with Crippen molar-refractivity contribution in [1.82, 2.24) is 0 Å². The summed E-state index contributed by atoms with van der Waals surface area (Å²) in [7, 11) is 1.99. The molecular formula is C10H21Cl4NO. The molecule has 0 aliphatic heterocycles. The van der Waals surface area contributed by atoms with E-state index in [-0.39, 0.29) is 23.8 Å². The molecule has 0 aromatic carbocycles. The van der Waals surface area contributed by atoms with Crippen molar-refractivity contribution in [3.8, 4) is 0 Å². The van der Waals surface area contributed by atoms with Crippen LogP contribution in [0.5, 0.6) is 0 Å². The molecule has 0 heterocycles. The fraction of sp³-hybridized carbons (Fsp3) is 1.00. The number of nitrogens with zero attached hydrogens (tertiary/aromatic N) is 1. The van der Waals surface area contributed by atoms with Crippen molar-refractivity contribution in [3.63, 3.8) is 0 Å². The molecule has 1 N–H and O–H groups in total. The molecule has 16 heavy (non-hydrogen) atoms. The molecule has 0 aromatic heterocycles. The average Bonchev–Trinajstić information content (AvgIpc) is 2.11. The van der Waals surface area contributed by atoms with Gasteiger partial charge in [-0.25, -0.2) is 0 Å². The average molecular weight is 313 g/mol. The van der Waals surface area contributed by atoms with Crippen molar-refractivity contribution >= 4 is 34.8 Å². The Morgan fingerprint density at radius 1 is 1.25 bits per heavy atom. The second kappa shape index (κ2) is 7.50. The second-order valence-electron chi connectivity index (χ2n) is 5.04. The van der Waals surface area contributed by atoms with Gasteiger partial charge >= 0.3 is 0 Å². The van der Waals surface area contributed by atoms with Crippen molar-refractivity contribution in [3.05, 3.63) is 0 Å². The van der Waals surface area contributed by atoms with Gasteiger partial charge in [0.05, 0.1) is 25.2 Å². The van der Waals surface area contributed by atoms with E-state index >= 15 is 0 Å². The van der Waals surface area contributed by atoms with E-state index in [1.54, 1.807) is 0 Å². The van der Waals surface area contributed by atoms with E-state index in [1.165, 1.54) is 0 Å². The van der Waals surface area contributed by atoms with E-state index in [2.05, 4.69) is 20.8 Å². The Balaban J connectivity index is 0. The number of alkyl halides is 3. The third kappa shape index (κ3) is 5.16. The predicted molar refractivity (Wildman–Crippen MR) is 67.6 cm³/mol. The van der Waals surface area contributed by atoms with E-state index in [0.717, 1.165) is 0 Å². The topological polar surface area (TPSA) is 20.2 Å². The third-order valence-electron chi connectivity index (χ3n) is 3.07. The van der Waals surface area contributed by atoms with Crippen LogP contribution in [0.2, 0.25) is 0 Å². The first-order valence-electron chi connectivity index (χ1n) is 5.02. The van der Waals surface area contributed by atoms with Gasteiger partial charge in [-0.2, -0.15) is 0 Å². The van der Waals surface area contributed by atoms with Gasteiger partial charge in [-0.15, -0.1) is 11.6 Å². The van der Waals surface area contributed by atoms with Gasteiger partial charge in [-0.05, 0) is 44.0 Å². The van der Waals surface area contributed by atoms with Crippen LogP contribution in [0.15, 0.2) is 0 Å². The summed E-state index contributed by atoms with van der Waals surface area (Å²) >= 11 is 17.6. The molecule has 0 aliphatic carbocycles. The highest BCUT2D eigenvalue weighted by Gasteiger charge is 2.41. The van der Waals surface area contributed by atoms with Crippen molar-refractivity contribution in [2.45, 2.75) is 43.8 Å². The quantitative estimate of drug-likeness (QED) is 0.430. The van der Waals surface area contributed by atoms with Crippen molar-refractivity contribution in [2.75, 3.05) is 19.5 Å². The lowest BCUT2D eigenvalue weighted by atomic mass is 10.0. The predicted octanol–water partition coefficient (Wildman–Crippen LogP) is -0.0135. The fourth-order valence-corrected chi connectivity index (χ4v) is 2.16. The van der Waals surface area contributed by atoms with Gasteiger partial charge in [0.25, 0.3) is 0 Å². The normalized spacial score (nSPS) is 17.8. The molecular weight excluding hydrogens is 292 g/mol. The summed E-state index contributed by atoms with van der Waals surface area (Å²) in [5.74, 6) is 0.249. The van der Waals surface area contributed by atoms with Crippen LogP contribution in [0.25, 0.3) is 0 Å². The zero-order valence-electron chi connectivity index (χ0n) is 10.2. The minimum absolute atomic E-state index is 0. The van der Waals surface area contributed by atoms with Crippen LogP contribution < -0.4 is 12.4 Å². The van der Waals surface area contributed by atoms with E-state index in [1.807, 2.05) is 7.05 Å². The van der Waals surface area contributed by atoms with Crippen LogP contribution in [0.1, 0.15) is 27.2 Å². The Morgan fingerprint density at radius 3 is 1.94 bits per heavy atom. The number of rotatable bonds is 5. The van der Waals surface area contributed by atoms with Gasteiger partial charge in [-0.3, -0.25) is 4.48 Å². The van der Waals surface area contributed by atoms with E-state index in [0.29, 0.717) is 17.4 Å². The molecule has 0 rings (SSSR count). The molecule has 0 aliphatic rings. The van der Waals surface area contributed by atoms with Crippen LogP contribution in [-0.4, -0.2) is 45.7 Å². The lowest BCUT2D eigenvalue weighted by Gasteiger charge is -2.46. The molecule has 0 fully saturated rings. The summed E-state index contributed by atoms with van der Waals surface area (Å²) in [6.07, 6.45) is 0.117. The Hall–Kier alpha value is 1.08. The first kappa shape index (κ1) is 19.4. The van der Waals surface area contributed by atoms with Gasteiger partial charge < -0.3 is 17.5 Å². The molecule has 2 unspecified atom stereocenters. The molecule has 0 radical (unpaired) electrons. The maximum absolute atomic E-state index is 9.44. The van der Waals surface area contributed by atoms with Gasteiger partial charge in [0.15, 0.2) is 0 Å². The van der Waals surface area contributed by atoms with Gasteiger partial charge in [0.1, 0.15) is 0 Å². The molecule has 0 bridgehead atoms. The highest BCUT2D eigenvalue weighted by molar-refractivity contribution is 6.43. The molecule has 2 atom stereocenters.